The van der Waals surface area contributed by atoms with Crippen LogP contribution in [0.3, 0.4) is 0 Å². The van der Waals surface area contributed by atoms with Crippen molar-refractivity contribution in [2.75, 3.05) is 14.1 Å². The van der Waals surface area contributed by atoms with Gasteiger partial charge in [0.1, 0.15) is 22.8 Å². The van der Waals surface area contributed by atoms with Gasteiger partial charge in [0.25, 0.3) is 5.91 Å². The number of phenolic OH excluding ortho intramolecular Hbond substituents is 1. The number of nitrogens with two attached hydrogens (primary N) is 1. The van der Waals surface area contributed by atoms with Gasteiger partial charge in [0.05, 0.1) is 23.6 Å². The number of nitrogens with zero attached hydrogens (tertiary/aromatic N) is 1. The van der Waals surface area contributed by atoms with Crippen molar-refractivity contribution in [2.45, 2.75) is 75.5 Å². The minimum atomic E-state index is -2.90. The van der Waals surface area contributed by atoms with Gasteiger partial charge in [0.15, 0.2) is 11.4 Å². The summed E-state index contributed by atoms with van der Waals surface area (Å²) in [7, 11) is 2.98. The average molecular weight is 543 g/mol. The van der Waals surface area contributed by atoms with Crippen LogP contribution in [0.1, 0.15) is 68.9 Å². The third-order valence-corrected chi connectivity index (χ3v) is 8.67. The van der Waals surface area contributed by atoms with Crippen molar-refractivity contribution in [3.05, 3.63) is 46.2 Å². The van der Waals surface area contributed by atoms with Gasteiger partial charge in [0.2, 0.25) is 5.78 Å². The van der Waals surface area contributed by atoms with E-state index < -0.39 is 70.1 Å². The Morgan fingerprint density at radius 2 is 1.69 bits per heavy atom. The Morgan fingerprint density at radius 1 is 1.05 bits per heavy atom. The Morgan fingerprint density at radius 3 is 2.31 bits per heavy atom. The van der Waals surface area contributed by atoms with Crippen molar-refractivity contribution in [1.82, 2.24) is 4.90 Å². The van der Waals surface area contributed by atoms with E-state index in [0.717, 1.165) is 38.5 Å². The van der Waals surface area contributed by atoms with E-state index in [1.165, 1.54) is 25.1 Å². The van der Waals surface area contributed by atoms with E-state index in [9.17, 15) is 39.9 Å². The normalized spacial score (nSPS) is 30.4. The van der Waals surface area contributed by atoms with Crippen LogP contribution in [0.25, 0.3) is 5.76 Å². The first-order valence-corrected chi connectivity index (χ1v) is 13.6. The molecule has 1 fully saturated rings. The number of hydrogen-bond acceptors (Lipinski definition) is 9. The molecule has 0 radical (unpaired) electrons. The zero-order valence-electron chi connectivity index (χ0n) is 22.6. The summed E-state index contributed by atoms with van der Waals surface area (Å²) < 4.78 is 0. The largest absolute Gasteiger partial charge is 0.508 e. The zero-order valence-corrected chi connectivity index (χ0v) is 22.6. The molecule has 1 aromatic rings. The molecule has 4 rings (SSSR count). The Kier molecular flexibility index (Phi) is 7.93. The quantitative estimate of drug-likeness (QED) is 0.201. The number of rotatable bonds is 9. The molecule has 1 amide bonds. The predicted molar refractivity (Wildman–Crippen MR) is 143 cm³/mol. The van der Waals surface area contributed by atoms with Crippen molar-refractivity contribution in [3.8, 4) is 5.75 Å². The molecule has 212 valence electrons. The van der Waals surface area contributed by atoms with E-state index in [4.69, 9.17) is 5.73 Å². The molecule has 0 aromatic heterocycles. The van der Waals surface area contributed by atoms with Gasteiger partial charge in [-0.25, -0.2) is 0 Å². The number of fused-ring (bicyclic) bond motifs is 3. The van der Waals surface area contributed by atoms with Crippen molar-refractivity contribution in [1.29, 1.82) is 0 Å². The maximum atomic E-state index is 14.1. The van der Waals surface area contributed by atoms with Crippen LogP contribution in [0.4, 0.5) is 0 Å². The van der Waals surface area contributed by atoms with Crippen LogP contribution in [0.2, 0.25) is 0 Å². The first kappa shape index (κ1) is 28.8. The number of carbonyl (C=O) groups excluding carboxylic acids is 3. The number of amides is 1. The number of carbonyl (C=O) groups is 3. The Bertz CT molecular complexity index is 1250. The van der Waals surface area contributed by atoms with Gasteiger partial charge in [-0.1, -0.05) is 57.6 Å². The molecule has 0 spiro atoms. The summed E-state index contributed by atoms with van der Waals surface area (Å²) in [6, 6.07) is 3.34. The fourth-order valence-corrected chi connectivity index (χ4v) is 6.88. The number of unbranched alkanes of at least 4 members (excludes halogenated alkanes) is 5. The average Bonchev–Trinajstić information content (AvgIpc) is 2.87. The van der Waals surface area contributed by atoms with E-state index in [1.807, 2.05) is 0 Å². The fourth-order valence-electron chi connectivity index (χ4n) is 6.88. The molecule has 10 nitrogen and oxygen atoms in total. The number of aromatic hydroxyl groups is 1. The molecular formula is C29H38N2O8. The molecule has 0 saturated heterocycles. The first-order valence-electron chi connectivity index (χ1n) is 13.6. The first-order chi connectivity index (χ1) is 18.4. The lowest BCUT2D eigenvalue weighted by Crippen LogP contribution is -2.70. The maximum Gasteiger partial charge on any atom is 0.255 e. The van der Waals surface area contributed by atoms with Crippen LogP contribution < -0.4 is 5.73 Å². The number of Topliss-reactive ketones (excluding diaryl/α,β-unsaturated/α-hetero) is 2. The maximum absolute atomic E-state index is 14.1. The number of aliphatic hydroxyl groups excluding tert-OH is 3. The van der Waals surface area contributed by atoms with Crippen LogP contribution in [0.5, 0.6) is 5.75 Å². The smallest absolute Gasteiger partial charge is 0.255 e. The van der Waals surface area contributed by atoms with Gasteiger partial charge in [-0.3, -0.25) is 19.3 Å². The number of benzene rings is 1. The molecular weight excluding hydrogens is 504 g/mol. The zero-order chi connectivity index (χ0) is 28.8. The highest BCUT2D eigenvalue weighted by Crippen LogP contribution is 2.57. The Hall–Kier alpha value is -3.21. The summed E-state index contributed by atoms with van der Waals surface area (Å²) >= 11 is 0. The van der Waals surface area contributed by atoms with Gasteiger partial charge in [-0.2, -0.15) is 0 Å². The lowest BCUT2D eigenvalue weighted by atomic mass is 9.53. The van der Waals surface area contributed by atoms with Crippen LogP contribution >= 0.6 is 0 Å². The molecule has 0 aliphatic heterocycles. The highest BCUT2D eigenvalue weighted by molar-refractivity contribution is 6.24. The van der Waals surface area contributed by atoms with E-state index in [2.05, 4.69) is 6.92 Å². The Balaban J connectivity index is 1.89. The monoisotopic (exact) mass is 542 g/mol. The number of aliphatic hydroxyl groups is 4. The van der Waals surface area contributed by atoms with Crippen LogP contribution in [-0.2, 0) is 14.4 Å². The molecule has 3 aliphatic carbocycles. The molecule has 3 aliphatic rings. The van der Waals surface area contributed by atoms with Crippen molar-refractivity contribution in [2.24, 2.45) is 17.6 Å². The summed E-state index contributed by atoms with van der Waals surface area (Å²) in [6.07, 6.45) is 4.91. The van der Waals surface area contributed by atoms with Gasteiger partial charge >= 0.3 is 0 Å². The van der Waals surface area contributed by atoms with Crippen LogP contribution in [0.15, 0.2) is 35.1 Å². The summed E-state index contributed by atoms with van der Waals surface area (Å²) in [5, 5.41) is 56.6. The molecule has 10 heteroatoms. The Labute approximate surface area is 227 Å². The van der Waals surface area contributed by atoms with E-state index in [-0.39, 0.29) is 16.9 Å². The summed E-state index contributed by atoms with van der Waals surface area (Å²) in [4.78, 5) is 40.9. The van der Waals surface area contributed by atoms with Crippen LogP contribution in [0, 0.1) is 11.8 Å². The molecule has 6 atom stereocenters. The molecule has 1 saturated carbocycles. The molecule has 7 N–H and O–H groups in total. The number of hydrogen-bond donors (Lipinski definition) is 6. The van der Waals surface area contributed by atoms with E-state index >= 15 is 0 Å². The van der Waals surface area contributed by atoms with Crippen molar-refractivity contribution >= 4 is 23.2 Å². The standard InChI is InChI=1S/C29H38N2O8/c1-4-5-6-7-8-9-11-15-14-12-10-13-16(32)17(14)23(33)19-18(15)24(34)21-22(31(2)3)25(35)20(28(30)38)27(37)29(21,39)26(19)36/h10,12-13,15,18,21-22,24,32-34,37,39H,4-9,11H2,1-3H3,(H2,30,38)/t15-,18+,21+,22-,24-,29-/m1/s1. The summed E-state index contributed by atoms with van der Waals surface area (Å²) in [5.41, 5.74) is 1.75. The van der Waals surface area contributed by atoms with E-state index in [0.29, 0.717) is 12.0 Å². The predicted octanol–water partition coefficient (Wildman–Crippen LogP) is 2.23. The van der Waals surface area contributed by atoms with Gasteiger partial charge in [-0.15, -0.1) is 0 Å². The van der Waals surface area contributed by atoms with Crippen molar-refractivity contribution < 1.29 is 39.9 Å². The molecule has 1 aromatic carbocycles. The minimum absolute atomic E-state index is 0.0250. The van der Waals surface area contributed by atoms with Gasteiger partial charge in [0, 0.05) is 11.5 Å². The minimum Gasteiger partial charge on any atom is -0.508 e. The molecule has 0 heterocycles. The topological polar surface area (TPSA) is 182 Å². The van der Waals surface area contributed by atoms with Crippen LogP contribution in [-0.4, -0.2) is 79.7 Å². The number of primary amides is 1. The summed E-state index contributed by atoms with van der Waals surface area (Å²) in [5.74, 6) is -8.63. The third kappa shape index (κ3) is 4.34. The van der Waals surface area contributed by atoms with Crippen molar-refractivity contribution in [3.63, 3.8) is 0 Å². The lowest BCUT2D eigenvalue weighted by molar-refractivity contribution is -0.169. The highest BCUT2D eigenvalue weighted by atomic mass is 16.4. The highest BCUT2D eigenvalue weighted by Gasteiger charge is 2.68. The fraction of sp³-hybridized carbons (Fsp3) is 0.552. The SMILES string of the molecule is CCCCCCCC[C@@H]1c2cccc(O)c2C(O)=C2C(=O)[C@@]3(O)C(O)=C(C(N)=O)C(=O)[C@H](N(C)C)[C@H]3[C@H](O)[C@H]21. The second-order valence-corrected chi connectivity index (χ2v) is 11.2. The summed E-state index contributed by atoms with van der Waals surface area (Å²) in [6.45, 7) is 2.13. The molecule has 39 heavy (non-hydrogen) atoms. The second-order valence-electron chi connectivity index (χ2n) is 11.2. The lowest BCUT2D eigenvalue weighted by Gasteiger charge is -2.54. The molecule has 0 bridgehead atoms. The number of likely N-dealkylation sites (N-methyl/N-ethyl adjacent to an activating group) is 1. The third-order valence-electron chi connectivity index (χ3n) is 8.67. The molecule has 0 unspecified atom stereocenters. The number of ketones is 2. The van der Waals surface area contributed by atoms with Gasteiger partial charge < -0.3 is 31.3 Å². The number of phenols is 1. The van der Waals surface area contributed by atoms with Gasteiger partial charge in [-0.05, 0) is 38.1 Å². The van der Waals surface area contributed by atoms with E-state index in [1.54, 1.807) is 12.1 Å². The second kappa shape index (κ2) is 10.7.